The summed E-state index contributed by atoms with van der Waals surface area (Å²) in [5.41, 5.74) is 5.20. The van der Waals surface area contributed by atoms with Crippen LogP contribution < -0.4 is 15.4 Å². The number of methoxy groups -OCH3 is 1. The van der Waals surface area contributed by atoms with Crippen molar-refractivity contribution in [3.8, 4) is 5.75 Å². The summed E-state index contributed by atoms with van der Waals surface area (Å²) >= 11 is 5.33. The monoisotopic (exact) mass is 386 g/mol. The van der Waals surface area contributed by atoms with E-state index in [-0.39, 0.29) is 0 Å². The minimum atomic E-state index is 0.624. The molecule has 4 heteroatoms. The first-order chi connectivity index (χ1) is 12.9. The van der Waals surface area contributed by atoms with Crippen molar-refractivity contribution in [1.82, 2.24) is 5.32 Å². The fourth-order valence-electron chi connectivity index (χ4n) is 2.51. The molecule has 1 aromatic carbocycles. The molecule has 0 unspecified atom stereocenters. The van der Waals surface area contributed by atoms with Crippen LogP contribution in [0.4, 0.5) is 5.69 Å². The number of benzene rings is 1. The molecule has 0 saturated heterocycles. The van der Waals surface area contributed by atoms with Crippen LogP contribution in [0.25, 0.3) is 0 Å². The van der Waals surface area contributed by atoms with E-state index in [4.69, 9.17) is 17.0 Å². The highest BCUT2D eigenvalue weighted by atomic mass is 32.1. The van der Waals surface area contributed by atoms with Gasteiger partial charge in [0.05, 0.1) is 7.11 Å². The summed E-state index contributed by atoms with van der Waals surface area (Å²) in [7, 11) is 1.66. The Morgan fingerprint density at radius 1 is 0.926 bits per heavy atom. The lowest BCUT2D eigenvalue weighted by atomic mass is 10.1. The lowest BCUT2D eigenvalue weighted by Gasteiger charge is -2.10. The van der Waals surface area contributed by atoms with Crippen LogP contribution in [0, 0.1) is 0 Å². The maximum Gasteiger partial charge on any atom is 0.171 e. The second kappa shape index (κ2) is 13.2. The SMILES string of the molecule is COc1ccc(NC(=S)NC/C=C(\C)CC/C=C(\C)CCC=C(C)C)cc1. The lowest BCUT2D eigenvalue weighted by molar-refractivity contribution is 0.415. The molecule has 1 aromatic rings. The van der Waals surface area contributed by atoms with E-state index in [0.717, 1.165) is 43.7 Å². The van der Waals surface area contributed by atoms with E-state index in [1.54, 1.807) is 7.11 Å². The Kier molecular flexibility index (Phi) is 11.2. The van der Waals surface area contributed by atoms with E-state index in [2.05, 4.69) is 56.6 Å². The molecule has 0 radical (unpaired) electrons. The number of allylic oxidation sites excluding steroid dienone is 5. The Labute approximate surface area is 170 Å². The van der Waals surface area contributed by atoms with Crippen LogP contribution in [0.3, 0.4) is 0 Å². The van der Waals surface area contributed by atoms with Crippen molar-refractivity contribution in [3.63, 3.8) is 0 Å². The van der Waals surface area contributed by atoms with Gasteiger partial charge in [0.2, 0.25) is 0 Å². The fourth-order valence-corrected chi connectivity index (χ4v) is 2.71. The zero-order chi connectivity index (χ0) is 20.1. The van der Waals surface area contributed by atoms with Crippen molar-refractivity contribution >= 4 is 23.0 Å². The molecule has 0 spiro atoms. The van der Waals surface area contributed by atoms with E-state index in [1.807, 2.05) is 24.3 Å². The van der Waals surface area contributed by atoms with E-state index in [1.165, 1.54) is 16.7 Å². The Morgan fingerprint density at radius 2 is 1.52 bits per heavy atom. The molecule has 0 heterocycles. The second-order valence-corrected chi connectivity index (χ2v) is 7.43. The summed E-state index contributed by atoms with van der Waals surface area (Å²) in [6, 6.07) is 7.70. The van der Waals surface area contributed by atoms with Gasteiger partial charge in [-0.2, -0.15) is 0 Å². The summed E-state index contributed by atoms with van der Waals surface area (Å²) in [5, 5.41) is 7.02. The first-order valence-corrected chi connectivity index (χ1v) is 9.95. The van der Waals surface area contributed by atoms with Crippen LogP contribution in [0.5, 0.6) is 5.75 Å². The van der Waals surface area contributed by atoms with Gasteiger partial charge in [-0.15, -0.1) is 0 Å². The van der Waals surface area contributed by atoms with E-state index in [9.17, 15) is 0 Å². The third kappa shape index (κ3) is 11.3. The first kappa shape index (κ1) is 23.0. The summed E-state index contributed by atoms with van der Waals surface area (Å²) in [6.45, 7) is 9.44. The van der Waals surface area contributed by atoms with Crippen molar-refractivity contribution in [3.05, 3.63) is 59.2 Å². The molecule has 0 aliphatic heterocycles. The van der Waals surface area contributed by atoms with E-state index in [0.29, 0.717) is 5.11 Å². The Morgan fingerprint density at radius 3 is 2.11 bits per heavy atom. The average molecular weight is 387 g/mol. The predicted octanol–water partition coefficient (Wildman–Crippen LogP) is 6.40. The van der Waals surface area contributed by atoms with Gasteiger partial charge in [-0.25, -0.2) is 0 Å². The summed E-state index contributed by atoms with van der Waals surface area (Å²) < 4.78 is 5.15. The second-order valence-electron chi connectivity index (χ2n) is 7.02. The third-order valence-electron chi connectivity index (χ3n) is 4.18. The summed E-state index contributed by atoms with van der Waals surface area (Å²) in [4.78, 5) is 0. The normalized spacial score (nSPS) is 11.7. The molecule has 0 amide bonds. The number of hydrogen-bond donors (Lipinski definition) is 2. The standard InChI is InChI=1S/C23H34N2OS/c1-18(2)8-6-9-19(3)10-7-11-20(4)16-17-24-23(27)25-21-12-14-22(26-5)15-13-21/h8,10,12-16H,6-7,9,11,17H2,1-5H3,(H2,24,25,27)/b19-10+,20-16+. The highest BCUT2D eigenvalue weighted by Crippen LogP contribution is 2.15. The molecule has 0 atom stereocenters. The molecule has 0 aromatic heterocycles. The largest absolute Gasteiger partial charge is 0.497 e. The Hall–Kier alpha value is -2.07. The van der Waals surface area contributed by atoms with Crippen molar-refractivity contribution in [1.29, 1.82) is 0 Å². The number of hydrogen-bond acceptors (Lipinski definition) is 2. The smallest absolute Gasteiger partial charge is 0.171 e. The number of nitrogens with one attached hydrogen (secondary N) is 2. The molecule has 148 valence electrons. The van der Waals surface area contributed by atoms with Crippen molar-refractivity contribution in [2.24, 2.45) is 0 Å². The molecular formula is C23H34N2OS. The highest BCUT2D eigenvalue weighted by molar-refractivity contribution is 7.80. The molecule has 0 bridgehead atoms. The Bertz CT molecular complexity index is 668. The lowest BCUT2D eigenvalue weighted by Crippen LogP contribution is -2.28. The van der Waals surface area contributed by atoms with Gasteiger partial charge in [0.1, 0.15) is 5.75 Å². The van der Waals surface area contributed by atoms with Crippen LogP contribution in [-0.4, -0.2) is 18.8 Å². The molecule has 0 saturated carbocycles. The van der Waals surface area contributed by atoms with Crippen LogP contribution >= 0.6 is 12.2 Å². The molecule has 0 fully saturated rings. The van der Waals surface area contributed by atoms with Crippen LogP contribution in [0.1, 0.15) is 53.4 Å². The number of rotatable bonds is 10. The zero-order valence-corrected chi connectivity index (χ0v) is 18.2. The van der Waals surface area contributed by atoms with Crippen molar-refractivity contribution in [2.45, 2.75) is 53.4 Å². The molecular weight excluding hydrogens is 352 g/mol. The van der Waals surface area contributed by atoms with Gasteiger partial charge in [-0.05, 0) is 89.9 Å². The van der Waals surface area contributed by atoms with Gasteiger partial charge in [-0.1, -0.05) is 34.9 Å². The molecule has 0 aliphatic carbocycles. The van der Waals surface area contributed by atoms with Crippen LogP contribution in [-0.2, 0) is 0 Å². The van der Waals surface area contributed by atoms with Crippen LogP contribution in [0.2, 0.25) is 0 Å². The van der Waals surface area contributed by atoms with Gasteiger partial charge < -0.3 is 15.4 Å². The molecule has 3 nitrogen and oxygen atoms in total. The number of anilines is 1. The number of thiocarbonyl (C=S) groups is 1. The van der Waals surface area contributed by atoms with Crippen molar-refractivity contribution in [2.75, 3.05) is 19.0 Å². The van der Waals surface area contributed by atoms with E-state index < -0.39 is 0 Å². The molecule has 27 heavy (non-hydrogen) atoms. The van der Waals surface area contributed by atoms with Gasteiger partial charge in [-0.3, -0.25) is 0 Å². The predicted molar refractivity (Wildman–Crippen MR) is 123 cm³/mol. The zero-order valence-electron chi connectivity index (χ0n) is 17.4. The fraction of sp³-hybridized carbons (Fsp3) is 0.435. The Balaban J connectivity index is 2.26. The maximum atomic E-state index is 5.33. The quantitative estimate of drug-likeness (QED) is 0.360. The van der Waals surface area contributed by atoms with Gasteiger partial charge in [0.15, 0.2) is 5.11 Å². The van der Waals surface area contributed by atoms with Gasteiger partial charge >= 0.3 is 0 Å². The van der Waals surface area contributed by atoms with Crippen molar-refractivity contribution < 1.29 is 4.74 Å². The average Bonchev–Trinajstić information content (AvgIpc) is 2.62. The molecule has 1 rings (SSSR count). The summed E-state index contributed by atoms with van der Waals surface area (Å²) in [6.07, 6.45) is 11.3. The topological polar surface area (TPSA) is 33.3 Å². The van der Waals surface area contributed by atoms with Gasteiger partial charge in [0, 0.05) is 12.2 Å². The van der Waals surface area contributed by atoms with E-state index >= 15 is 0 Å². The minimum Gasteiger partial charge on any atom is -0.497 e. The minimum absolute atomic E-state index is 0.624. The van der Waals surface area contributed by atoms with Crippen LogP contribution in [0.15, 0.2) is 59.2 Å². The third-order valence-corrected chi connectivity index (χ3v) is 4.43. The number of ether oxygens (including phenoxy) is 1. The molecule has 2 N–H and O–H groups in total. The van der Waals surface area contributed by atoms with Gasteiger partial charge in [0.25, 0.3) is 0 Å². The molecule has 0 aliphatic rings. The highest BCUT2D eigenvalue weighted by Gasteiger charge is 1.98. The first-order valence-electron chi connectivity index (χ1n) is 9.54. The summed E-state index contributed by atoms with van der Waals surface area (Å²) in [5.74, 6) is 0.833. The maximum absolute atomic E-state index is 5.33.